The Hall–Kier alpha value is -0.740. The van der Waals surface area contributed by atoms with Gasteiger partial charge in [-0.25, -0.2) is 0 Å². The molecule has 0 saturated heterocycles. The highest BCUT2D eigenvalue weighted by molar-refractivity contribution is 6.31. The predicted octanol–water partition coefficient (Wildman–Crippen LogP) is 4.97. The molecule has 5 heteroatoms. The largest absolute Gasteiger partial charge is 0.392 e. The summed E-state index contributed by atoms with van der Waals surface area (Å²) in [5.74, 6) is -1.70. The lowest BCUT2D eigenvalue weighted by molar-refractivity contribution is -0.199. The summed E-state index contributed by atoms with van der Waals surface area (Å²) >= 11 is 6.16. The van der Waals surface area contributed by atoms with Gasteiger partial charge in [0, 0.05) is 11.1 Å². The molecule has 20 heavy (non-hydrogen) atoms. The number of hydrogen-bond acceptors (Lipinski definition) is 1. The van der Waals surface area contributed by atoms with Crippen molar-refractivity contribution in [1.82, 2.24) is 5.32 Å². The zero-order chi connectivity index (χ0) is 14.8. The molecule has 0 aromatic heterocycles. The van der Waals surface area contributed by atoms with Gasteiger partial charge < -0.3 is 5.32 Å². The van der Waals surface area contributed by atoms with Crippen molar-refractivity contribution in [2.24, 2.45) is 11.8 Å². The zero-order valence-electron chi connectivity index (χ0n) is 11.4. The number of hydrogen-bond donors (Lipinski definition) is 1. The van der Waals surface area contributed by atoms with Crippen molar-refractivity contribution in [1.29, 1.82) is 0 Å². The molecule has 0 spiro atoms. The van der Waals surface area contributed by atoms with E-state index in [1.54, 1.807) is 19.2 Å². The average molecular weight is 306 g/mol. The van der Waals surface area contributed by atoms with E-state index in [2.05, 4.69) is 5.32 Å². The Morgan fingerprint density at radius 1 is 1.20 bits per heavy atom. The molecular formula is C15H19ClF3N. The molecule has 1 aliphatic rings. The molecule has 1 aliphatic carbocycles. The number of benzene rings is 1. The van der Waals surface area contributed by atoms with E-state index in [1.807, 2.05) is 12.1 Å². The van der Waals surface area contributed by atoms with Gasteiger partial charge in [0.25, 0.3) is 0 Å². The Morgan fingerprint density at radius 3 is 2.45 bits per heavy atom. The van der Waals surface area contributed by atoms with Crippen LogP contribution in [0.4, 0.5) is 13.2 Å². The van der Waals surface area contributed by atoms with Crippen LogP contribution in [0.2, 0.25) is 5.02 Å². The smallest absolute Gasteiger partial charge is 0.313 e. The Kier molecular flexibility index (Phi) is 4.97. The maximum atomic E-state index is 13.2. The molecule has 0 aliphatic heterocycles. The molecule has 1 N–H and O–H groups in total. The molecule has 0 amide bonds. The topological polar surface area (TPSA) is 12.0 Å². The lowest BCUT2D eigenvalue weighted by atomic mass is 9.73. The summed E-state index contributed by atoms with van der Waals surface area (Å²) < 4.78 is 39.7. The van der Waals surface area contributed by atoms with Crippen LogP contribution in [0, 0.1) is 11.8 Å². The lowest BCUT2D eigenvalue weighted by Crippen LogP contribution is -2.40. The minimum absolute atomic E-state index is 0.219. The summed E-state index contributed by atoms with van der Waals surface area (Å²) in [6, 6.07) is 6.80. The van der Waals surface area contributed by atoms with Crippen LogP contribution in [-0.2, 0) is 0 Å². The van der Waals surface area contributed by atoms with E-state index in [0.29, 0.717) is 17.9 Å². The molecule has 3 unspecified atom stereocenters. The van der Waals surface area contributed by atoms with Gasteiger partial charge in [-0.15, -0.1) is 0 Å². The highest BCUT2D eigenvalue weighted by Gasteiger charge is 2.48. The minimum Gasteiger partial charge on any atom is -0.313 e. The maximum absolute atomic E-state index is 13.2. The second-order valence-electron chi connectivity index (χ2n) is 5.38. The van der Waals surface area contributed by atoms with Crippen LogP contribution in [0.1, 0.15) is 37.3 Å². The first-order valence-corrected chi connectivity index (χ1v) is 7.31. The average Bonchev–Trinajstić information content (AvgIpc) is 2.41. The Labute approximate surface area is 122 Å². The van der Waals surface area contributed by atoms with Crippen LogP contribution in [-0.4, -0.2) is 13.2 Å². The Balaban J connectivity index is 2.32. The van der Waals surface area contributed by atoms with Crippen molar-refractivity contribution in [3.63, 3.8) is 0 Å². The molecular weight excluding hydrogens is 287 g/mol. The van der Waals surface area contributed by atoms with Crippen molar-refractivity contribution in [2.75, 3.05) is 7.05 Å². The first-order valence-electron chi connectivity index (χ1n) is 6.93. The van der Waals surface area contributed by atoms with E-state index in [-0.39, 0.29) is 12.5 Å². The van der Waals surface area contributed by atoms with Crippen LogP contribution in [0.5, 0.6) is 0 Å². The van der Waals surface area contributed by atoms with E-state index in [4.69, 9.17) is 11.6 Å². The summed E-state index contributed by atoms with van der Waals surface area (Å²) in [4.78, 5) is 0. The van der Waals surface area contributed by atoms with E-state index < -0.39 is 18.0 Å². The Bertz CT molecular complexity index is 447. The van der Waals surface area contributed by atoms with Gasteiger partial charge in [0.2, 0.25) is 0 Å². The third kappa shape index (κ3) is 3.29. The zero-order valence-corrected chi connectivity index (χ0v) is 12.1. The molecule has 0 heterocycles. The van der Waals surface area contributed by atoms with E-state index >= 15 is 0 Å². The highest BCUT2D eigenvalue weighted by atomic mass is 35.5. The molecule has 1 fully saturated rings. The van der Waals surface area contributed by atoms with Gasteiger partial charge in [-0.05, 0) is 37.4 Å². The van der Waals surface area contributed by atoms with Gasteiger partial charge in [-0.3, -0.25) is 0 Å². The van der Waals surface area contributed by atoms with Crippen molar-refractivity contribution in [3.8, 4) is 0 Å². The first-order chi connectivity index (χ1) is 9.45. The monoisotopic (exact) mass is 305 g/mol. The van der Waals surface area contributed by atoms with Crippen LogP contribution in [0.3, 0.4) is 0 Å². The van der Waals surface area contributed by atoms with Gasteiger partial charge in [0.1, 0.15) is 0 Å². The van der Waals surface area contributed by atoms with E-state index in [1.165, 1.54) is 0 Å². The molecule has 3 atom stereocenters. The van der Waals surface area contributed by atoms with Crippen LogP contribution >= 0.6 is 11.6 Å². The third-order valence-electron chi connectivity index (χ3n) is 4.22. The quantitative estimate of drug-likeness (QED) is 0.831. The fourth-order valence-electron chi connectivity index (χ4n) is 3.29. The van der Waals surface area contributed by atoms with Gasteiger partial charge in [-0.1, -0.05) is 42.6 Å². The van der Waals surface area contributed by atoms with Gasteiger partial charge in [-0.2, -0.15) is 13.2 Å². The molecule has 1 nitrogen and oxygen atoms in total. The number of nitrogens with one attached hydrogen (secondary N) is 1. The summed E-state index contributed by atoms with van der Waals surface area (Å²) in [5.41, 5.74) is 0.762. The second kappa shape index (κ2) is 6.35. The molecule has 2 rings (SSSR count). The van der Waals surface area contributed by atoms with Gasteiger partial charge in [0.15, 0.2) is 0 Å². The van der Waals surface area contributed by atoms with Gasteiger partial charge in [0.05, 0.1) is 5.92 Å². The van der Waals surface area contributed by atoms with Crippen molar-refractivity contribution < 1.29 is 13.2 Å². The molecule has 1 aromatic carbocycles. The molecule has 0 radical (unpaired) electrons. The number of alkyl halides is 3. The maximum Gasteiger partial charge on any atom is 0.392 e. The Morgan fingerprint density at radius 2 is 1.85 bits per heavy atom. The third-order valence-corrected chi connectivity index (χ3v) is 4.56. The van der Waals surface area contributed by atoms with Crippen LogP contribution < -0.4 is 5.32 Å². The van der Waals surface area contributed by atoms with Crippen LogP contribution in [0.15, 0.2) is 24.3 Å². The minimum atomic E-state index is -4.14. The van der Waals surface area contributed by atoms with E-state index in [0.717, 1.165) is 12.0 Å². The molecule has 112 valence electrons. The summed E-state index contributed by atoms with van der Waals surface area (Å²) in [6.07, 6.45) is -1.83. The SMILES string of the molecule is CNC(c1ccccc1Cl)C1CCCCC1C(F)(F)F. The van der Waals surface area contributed by atoms with Crippen molar-refractivity contribution in [2.45, 2.75) is 37.9 Å². The molecule has 1 saturated carbocycles. The molecule has 0 bridgehead atoms. The standard InChI is InChI=1S/C15H19ClF3N/c1-20-14(11-7-3-5-9-13(11)16)10-6-2-4-8-12(10)15(17,18)19/h3,5,7,9-10,12,14,20H,2,4,6,8H2,1H3. The van der Waals surface area contributed by atoms with Gasteiger partial charge >= 0.3 is 6.18 Å². The van der Waals surface area contributed by atoms with E-state index in [9.17, 15) is 13.2 Å². The predicted molar refractivity (Wildman–Crippen MR) is 74.8 cm³/mol. The fourth-order valence-corrected chi connectivity index (χ4v) is 3.55. The molecule has 1 aromatic rings. The normalized spacial score (nSPS) is 25.4. The first kappa shape index (κ1) is 15.6. The fraction of sp³-hybridized carbons (Fsp3) is 0.600. The summed E-state index contributed by atoms with van der Waals surface area (Å²) in [5, 5.41) is 3.57. The van der Waals surface area contributed by atoms with Crippen molar-refractivity contribution in [3.05, 3.63) is 34.9 Å². The summed E-state index contributed by atoms with van der Waals surface area (Å²) in [7, 11) is 1.70. The number of rotatable bonds is 3. The second-order valence-corrected chi connectivity index (χ2v) is 5.79. The number of halogens is 4. The van der Waals surface area contributed by atoms with Crippen molar-refractivity contribution >= 4 is 11.6 Å². The lowest BCUT2D eigenvalue weighted by Gasteiger charge is -2.38. The summed E-state index contributed by atoms with van der Waals surface area (Å²) in [6.45, 7) is 0. The highest BCUT2D eigenvalue weighted by Crippen LogP contribution is 2.47. The van der Waals surface area contributed by atoms with Crippen LogP contribution in [0.25, 0.3) is 0 Å².